The molecule has 7 unspecified atom stereocenters. The van der Waals surface area contributed by atoms with Crippen LogP contribution < -0.4 is 105 Å². The second kappa shape index (κ2) is 45.5. The summed E-state index contributed by atoms with van der Waals surface area (Å²) in [7, 11) is -0.233. The predicted octanol–water partition coefficient (Wildman–Crippen LogP) is 12.7. The van der Waals surface area contributed by atoms with Crippen molar-refractivity contribution in [3.05, 3.63) is 393 Å². The van der Waals surface area contributed by atoms with E-state index in [0.29, 0.717) is 5.75 Å². The average molecular weight is 1590 g/mol. The van der Waals surface area contributed by atoms with Gasteiger partial charge in [-0.2, -0.15) is 0 Å². The summed E-state index contributed by atoms with van der Waals surface area (Å²) in [6, 6.07) is 124. The van der Waals surface area contributed by atoms with Gasteiger partial charge in [0.25, 0.3) is 0 Å². The van der Waals surface area contributed by atoms with Gasteiger partial charge in [-0.05, 0) is 227 Å². The van der Waals surface area contributed by atoms with E-state index >= 15 is 0 Å². The highest BCUT2D eigenvalue weighted by atomic mass is 31.1. The Bertz CT molecular complexity index is 5120. The summed E-state index contributed by atoms with van der Waals surface area (Å²) < 4.78 is 0. The Morgan fingerprint density at radius 1 is 0.261 bits per heavy atom. The van der Waals surface area contributed by atoms with Crippen LogP contribution in [0.25, 0.3) is 10.8 Å². The summed E-state index contributed by atoms with van der Waals surface area (Å²) in [5, 5.41) is 97.2. The van der Waals surface area contributed by atoms with Crippen LogP contribution in [0.2, 0.25) is 0 Å². The van der Waals surface area contributed by atoms with Crippen LogP contribution in [0.15, 0.2) is 376 Å². The molecule has 1 saturated carbocycles. The molecule has 0 spiro atoms. The lowest BCUT2D eigenvalue weighted by Crippen LogP contribution is -2.23. The van der Waals surface area contributed by atoms with Crippen molar-refractivity contribution in [3.63, 3.8) is 0 Å². The molecule has 0 amide bonds. The van der Waals surface area contributed by atoms with Gasteiger partial charge in [-0.3, -0.25) is 0 Å². The predicted molar refractivity (Wildman–Crippen MR) is 489 cm³/mol. The molecule has 560 valence electrons. The highest BCUT2D eigenvalue weighted by Crippen LogP contribution is 2.46. The van der Waals surface area contributed by atoms with Crippen molar-refractivity contribution in [2.45, 2.75) is 58.5 Å². The topological polar surface area (TPSA) is 159 Å². The van der Waals surface area contributed by atoms with E-state index in [4.69, 9.17) is 0 Å². The van der Waals surface area contributed by atoms with E-state index in [9.17, 15) is 35.7 Å². The van der Waals surface area contributed by atoms with Crippen LogP contribution in [0.5, 0.6) is 40.2 Å². The lowest BCUT2D eigenvalue weighted by Gasteiger charge is -2.25. The zero-order chi connectivity index (χ0) is 77.8. The smallest absolute Gasteiger partial charge is 0.157 e. The van der Waals surface area contributed by atoms with E-state index in [1.165, 1.54) is 101 Å². The van der Waals surface area contributed by atoms with E-state index in [-0.39, 0.29) is 86.0 Å². The number of phenols is 1. The van der Waals surface area contributed by atoms with Crippen molar-refractivity contribution < 1.29 is 35.7 Å². The molecular formula is C97H96O7P7+. The van der Waals surface area contributed by atoms with Gasteiger partial charge in [-0.15, -0.1) is 34.5 Å². The van der Waals surface area contributed by atoms with Crippen LogP contribution in [0.4, 0.5) is 0 Å². The van der Waals surface area contributed by atoms with Crippen molar-refractivity contribution in [1.29, 1.82) is 0 Å². The van der Waals surface area contributed by atoms with Gasteiger partial charge in [-0.25, -0.2) is 0 Å². The Kier molecular flexibility index (Phi) is 34.3. The second-order valence-electron chi connectivity index (χ2n) is 27.0. The molecule has 7 atom stereocenters. The Labute approximate surface area is 667 Å². The third-order valence-corrected chi connectivity index (χ3v) is 30.1. The van der Waals surface area contributed by atoms with Gasteiger partial charge < -0.3 is 35.7 Å². The Morgan fingerprint density at radius 2 is 0.586 bits per heavy atom. The maximum atomic E-state index is 11.6. The second-order valence-corrected chi connectivity index (χ2v) is 39.5. The number of aryl methyl sites for hydroxylation is 3. The lowest BCUT2D eigenvalue weighted by atomic mass is 10.0. The molecule has 7 nitrogen and oxygen atoms in total. The van der Waals surface area contributed by atoms with E-state index in [1.54, 1.807) is 66.7 Å². The van der Waals surface area contributed by atoms with Gasteiger partial charge in [-0.1, -0.05) is 229 Å². The molecule has 0 bridgehead atoms. The van der Waals surface area contributed by atoms with E-state index in [2.05, 4.69) is 171 Å². The number of benzene rings is 15. The molecule has 0 aromatic heterocycles. The third kappa shape index (κ3) is 29.4. The first-order valence-electron chi connectivity index (χ1n) is 37.3. The lowest BCUT2D eigenvalue weighted by molar-refractivity contribution is -0.270. The van der Waals surface area contributed by atoms with Crippen LogP contribution >= 0.6 is 59.4 Å². The molecule has 15 aromatic carbocycles. The molecule has 0 radical (unpaired) electrons. The largest absolute Gasteiger partial charge is 0.872 e. The fraction of sp³-hybridized carbons (Fsp3) is 0.0928. The molecule has 15 aromatic rings. The molecule has 1 N–H and O–H groups in total. The zero-order valence-electron chi connectivity index (χ0n) is 62.8. The molecule has 0 saturated heterocycles. The van der Waals surface area contributed by atoms with Crippen molar-refractivity contribution in [3.8, 4) is 40.2 Å². The zero-order valence-corrected chi connectivity index (χ0v) is 70.7. The number of phenolic OH excluding ortho intramolecular Hbond substituents is 1. The molecule has 1 fully saturated rings. The molecule has 0 aliphatic heterocycles. The minimum Gasteiger partial charge on any atom is -0.872 e. The van der Waals surface area contributed by atoms with Gasteiger partial charge in [0.1, 0.15) is 5.30 Å². The first kappa shape index (κ1) is 83.6. The van der Waals surface area contributed by atoms with E-state index < -0.39 is 7.92 Å². The van der Waals surface area contributed by atoms with E-state index in [0.717, 1.165) is 38.2 Å². The number of hydrogen-bond donors (Lipinski definition) is 1. The van der Waals surface area contributed by atoms with Crippen LogP contribution in [-0.4, -0.2) is 10.8 Å². The Morgan fingerprint density at radius 3 is 1.05 bits per heavy atom. The molecule has 0 heterocycles. The summed E-state index contributed by atoms with van der Waals surface area (Å²) in [5.41, 5.74) is 3.82. The minimum absolute atomic E-state index is 0.00625. The van der Waals surface area contributed by atoms with Crippen LogP contribution in [0, 0.1) is 20.8 Å². The molecule has 16 rings (SSSR count). The summed E-state index contributed by atoms with van der Waals surface area (Å²) in [6.45, 7) is 5.87. The molecule has 111 heavy (non-hydrogen) atoms. The SMILES string of the molecule is Cc1cc([PH2+]c2ccccc2)cc(C)c1[O-].Cc1ccc([PH2+]c2ccc([O-])cc2)cc1.Oc1ccccc1[PH2+]c1ccccc1.[O-]c1ccc([PH+](c2ccccc2)C2CCCCC2)cc1.[O-]c1ccc([PH2+]c2ccccc2)cc1.[O-]c1ccc2cc([PH2+]c3ccccc3)ccc2c1.[O-]c1cccc([PH2+]c2ccccc2)c1. The number of hydrogen-bond acceptors (Lipinski definition) is 7. The Balaban J connectivity index is 0.000000138. The summed E-state index contributed by atoms with van der Waals surface area (Å²) in [4.78, 5) is 0. The number of para-hydroxylation sites is 1. The average Bonchev–Trinajstić information content (AvgIpc) is 0.820. The van der Waals surface area contributed by atoms with Gasteiger partial charge in [0.15, 0.2) is 5.75 Å². The van der Waals surface area contributed by atoms with E-state index in [1.807, 2.05) is 159 Å². The molecular weight excluding hydrogens is 1490 g/mol. The van der Waals surface area contributed by atoms with Gasteiger partial charge in [0.2, 0.25) is 0 Å². The van der Waals surface area contributed by atoms with Gasteiger partial charge in [0, 0.05) is 0 Å². The fourth-order valence-corrected chi connectivity index (χ4v) is 23.5. The number of rotatable bonds is 15. The van der Waals surface area contributed by atoms with Crippen LogP contribution in [0.1, 0.15) is 48.8 Å². The van der Waals surface area contributed by atoms with Gasteiger partial charge in [0.05, 0.1) is 134 Å². The van der Waals surface area contributed by atoms with Crippen molar-refractivity contribution in [2.24, 2.45) is 0 Å². The number of aromatic hydroxyl groups is 1. The van der Waals surface area contributed by atoms with Crippen LogP contribution in [0.3, 0.4) is 0 Å². The molecule has 14 heteroatoms. The maximum Gasteiger partial charge on any atom is 0.157 e. The Hall–Kier alpha value is -9.83. The standard InChI is InChI=1S/C18H21OP.C16H13OP.C14H15OP.C13H13OP.3C12H11OP/c19-15-11-13-18(14-12-15)20(16-7-3-1-4-8-16)17-9-5-2-6-10-17;17-14-8-6-13-11-16(9-7-12(13)10-14)18-15-4-2-1-3-5-15;1-10-8-13(9-11(2)14(10)15)16-12-6-4-3-5-7-12;1-10-2-6-12(7-3-10)15-13-8-4-11(14)5-9-13;13-10-5-4-8-12(9-10)14-11-6-2-1-3-7-11;13-11-8-4-5-9-12(11)14-10-6-2-1-3-7-10;13-10-6-8-12(9-7-10)14-11-4-2-1-3-5-11/h1,3-4,7-8,11-14,17,19H,2,5-6,9-10H2;1-11,17-18H;3-9,15-16H,1-2H3;2-9,14-15H,1H3;3*1-9,13-14H/p+1. The highest BCUT2D eigenvalue weighted by Gasteiger charge is 2.33. The first-order valence-corrected chi connectivity index (χ1v) is 45.8. The van der Waals surface area contributed by atoms with Crippen molar-refractivity contribution in [2.75, 3.05) is 0 Å². The fourth-order valence-electron chi connectivity index (χ4n) is 12.6. The summed E-state index contributed by atoms with van der Waals surface area (Å²) in [6.07, 6.45) is 6.82. The quantitative estimate of drug-likeness (QED) is 0.100. The molecule has 1 aliphatic carbocycles. The van der Waals surface area contributed by atoms with Gasteiger partial charge >= 0.3 is 0 Å². The normalized spacial score (nSPS) is 12.2. The third-order valence-electron chi connectivity index (χ3n) is 18.2. The summed E-state index contributed by atoms with van der Waals surface area (Å²) >= 11 is 0. The summed E-state index contributed by atoms with van der Waals surface area (Å²) in [5.74, 6) is 1.05. The maximum absolute atomic E-state index is 11.6. The highest BCUT2D eigenvalue weighted by molar-refractivity contribution is 7.73. The number of fused-ring (bicyclic) bond motifs is 1. The van der Waals surface area contributed by atoms with Crippen molar-refractivity contribution in [1.82, 2.24) is 0 Å². The first-order chi connectivity index (χ1) is 54.1. The minimum atomic E-state index is -0.756. The van der Waals surface area contributed by atoms with Crippen LogP contribution in [-0.2, 0) is 0 Å². The van der Waals surface area contributed by atoms with Crippen molar-refractivity contribution >= 4 is 144 Å². The monoisotopic (exact) mass is 1590 g/mol. The molecule has 1 aliphatic rings.